The van der Waals surface area contributed by atoms with E-state index in [4.69, 9.17) is 0 Å². The molecule has 0 N–H and O–H groups in total. The molecule has 0 atom stereocenters. The van der Waals surface area contributed by atoms with Gasteiger partial charge in [-0.1, -0.05) is 17.2 Å². The second kappa shape index (κ2) is 7.32. The van der Waals surface area contributed by atoms with E-state index in [2.05, 4.69) is 20.9 Å². The molecule has 1 aliphatic rings. The summed E-state index contributed by atoms with van der Waals surface area (Å²) in [5.41, 5.74) is 3.03. The van der Waals surface area contributed by atoms with Crippen molar-refractivity contribution in [2.45, 2.75) is 20.8 Å². The minimum atomic E-state index is 0.115. The lowest BCUT2D eigenvalue weighted by Crippen LogP contribution is -2.49. The normalized spacial score (nSPS) is 14.5. The number of benzene rings is 1. The number of amides is 1. The molecule has 1 aromatic carbocycles. The number of hydrogen-bond donors (Lipinski definition) is 0. The van der Waals surface area contributed by atoms with Crippen LogP contribution < -0.4 is 9.80 Å². The first-order valence-electron chi connectivity index (χ1n) is 8.99. The molecule has 6 heteroatoms. The summed E-state index contributed by atoms with van der Waals surface area (Å²) >= 11 is 0. The second-order valence-corrected chi connectivity index (χ2v) is 7.18. The van der Waals surface area contributed by atoms with Crippen LogP contribution >= 0.6 is 0 Å². The lowest BCUT2D eigenvalue weighted by atomic mass is 10.1. The number of aromatic nitrogens is 2. The van der Waals surface area contributed by atoms with Gasteiger partial charge in [0, 0.05) is 51.9 Å². The number of aryl methyl sites for hydroxylation is 3. The fourth-order valence-electron chi connectivity index (χ4n) is 3.35. The van der Waals surface area contributed by atoms with Gasteiger partial charge in [0.1, 0.15) is 17.5 Å². The van der Waals surface area contributed by atoms with Crippen molar-refractivity contribution >= 4 is 17.5 Å². The molecule has 0 spiro atoms. The van der Waals surface area contributed by atoms with Crippen LogP contribution in [0.15, 0.2) is 24.3 Å². The van der Waals surface area contributed by atoms with Gasteiger partial charge in [0.25, 0.3) is 5.91 Å². The van der Waals surface area contributed by atoms with Crippen molar-refractivity contribution in [3.63, 3.8) is 0 Å². The predicted octanol–water partition coefficient (Wildman–Crippen LogP) is 2.43. The highest BCUT2D eigenvalue weighted by Crippen LogP contribution is 2.20. The summed E-state index contributed by atoms with van der Waals surface area (Å²) in [6.07, 6.45) is 0. The van der Waals surface area contributed by atoms with E-state index in [-0.39, 0.29) is 5.91 Å². The maximum atomic E-state index is 12.8. The van der Waals surface area contributed by atoms with Crippen molar-refractivity contribution < 1.29 is 4.79 Å². The SMILES string of the molecule is Cc1cc(C)cc(C(=O)N2CCN(c3cc(N(C)C)nc(C)n3)CC2)c1. The maximum Gasteiger partial charge on any atom is 0.253 e. The van der Waals surface area contributed by atoms with Crippen molar-refractivity contribution in [2.75, 3.05) is 50.1 Å². The van der Waals surface area contributed by atoms with Gasteiger partial charge in [0.05, 0.1) is 0 Å². The van der Waals surface area contributed by atoms with Gasteiger partial charge < -0.3 is 14.7 Å². The first kappa shape index (κ1) is 18.2. The Hall–Kier alpha value is -2.63. The summed E-state index contributed by atoms with van der Waals surface area (Å²) in [7, 11) is 3.96. The van der Waals surface area contributed by atoms with E-state index in [0.29, 0.717) is 13.1 Å². The van der Waals surface area contributed by atoms with Crippen LogP contribution in [0.4, 0.5) is 11.6 Å². The Morgan fingerprint density at radius 1 is 0.923 bits per heavy atom. The largest absolute Gasteiger partial charge is 0.363 e. The molecule has 0 unspecified atom stereocenters. The third-order valence-corrected chi connectivity index (χ3v) is 4.63. The zero-order valence-electron chi connectivity index (χ0n) is 16.3. The molecule has 6 nitrogen and oxygen atoms in total. The average molecular weight is 353 g/mol. The van der Waals surface area contributed by atoms with Crippen LogP contribution in [0.3, 0.4) is 0 Å². The molecule has 2 heterocycles. The Morgan fingerprint density at radius 2 is 1.54 bits per heavy atom. The van der Waals surface area contributed by atoms with Gasteiger partial charge in [-0.05, 0) is 32.9 Å². The maximum absolute atomic E-state index is 12.8. The zero-order chi connectivity index (χ0) is 18.8. The average Bonchev–Trinajstić information content (AvgIpc) is 2.60. The Labute approximate surface area is 155 Å². The van der Waals surface area contributed by atoms with Crippen LogP contribution in [0.25, 0.3) is 0 Å². The van der Waals surface area contributed by atoms with Crippen LogP contribution in [0.2, 0.25) is 0 Å². The number of hydrogen-bond acceptors (Lipinski definition) is 5. The summed E-state index contributed by atoms with van der Waals surface area (Å²) in [5.74, 6) is 2.71. The molecule has 1 aromatic heterocycles. The first-order valence-corrected chi connectivity index (χ1v) is 8.99. The molecule has 1 aliphatic heterocycles. The topological polar surface area (TPSA) is 52.6 Å². The number of rotatable bonds is 3. The molecule has 3 rings (SSSR count). The van der Waals surface area contributed by atoms with Gasteiger partial charge in [-0.2, -0.15) is 0 Å². The van der Waals surface area contributed by atoms with Gasteiger partial charge in [-0.25, -0.2) is 9.97 Å². The van der Waals surface area contributed by atoms with Crippen LogP contribution in [-0.2, 0) is 0 Å². The molecule has 0 bridgehead atoms. The van der Waals surface area contributed by atoms with Gasteiger partial charge in [-0.3, -0.25) is 4.79 Å². The van der Waals surface area contributed by atoms with Crippen LogP contribution in [0.1, 0.15) is 27.3 Å². The van der Waals surface area contributed by atoms with E-state index in [1.807, 2.05) is 62.9 Å². The first-order chi connectivity index (χ1) is 12.3. The molecular weight excluding hydrogens is 326 g/mol. The standard InChI is InChI=1S/C20H27N5O/c1-14-10-15(2)12-17(11-14)20(26)25-8-6-24(7-9-25)19-13-18(23(4)5)21-16(3)22-19/h10-13H,6-9H2,1-5H3. The summed E-state index contributed by atoms with van der Waals surface area (Å²) < 4.78 is 0. The van der Waals surface area contributed by atoms with Crippen LogP contribution in [0, 0.1) is 20.8 Å². The van der Waals surface area contributed by atoms with Gasteiger partial charge in [0.15, 0.2) is 0 Å². The van der Waals surface area contributed by atoms with Crippen molar-refractivity contribution in [3.05, 3.63) is 46.8 Å². The van der Waals surface area contributed by atoms with E-state index in [9.17, 15) is 4.79 Å². The summed E-state index contributed by atoms with van der Waals surface area (Å²) in [4.78, 5) is 28.0. The van der Waals surface area contributed by atoms with E-state index >= 15 is 0 Å². The third kappa shape index (κ3) is 3.95. The lowest BCUT2D eigenvalue weighted by molar-refractivity contribution is 0.0746. The highest BCUT2D eigenvalue weighted by Gasteiger charge is 2.23. The van der Waals surface area contributed by atoms with E-state index < -0.39 is 0 Å². The molecule has 138 valence electrons. The molecule has 0 radical (unpaired) electrons. The fourth-order valence-corrected chi connectivity index (χ4v) is 3.35. The number of piperazine rings is 1. The molecule has 1 fully saturated rings. The summed E-state index contributed by atoms with van der Waals surface area (Å²) in [6, 6.07) is 8.04. The quantitative estimate of drug-likeness (QED) is 0.848. The second-order valence-electron chi connectivity index (χ2n) is 7.18. The Morgan fingerprint density at radius 3 is 2.12 bits per heavy atom. The summed E-state index contributed by atoms with van der Waals surface area (Å²) in [6.45, 7) is 8.93. The molecule has 26 heavy (non-hydrogen) atoms. The van der Waals surface area contributed by atoms with Crippen molar-refractivity contribution in [1.29, 1.82) is 0 Å². The predicted molar refractivity (Wildman–Crippen MR) is 105 cm³/mol. The molecular formula is C20H27N5O. The molecule has 0 saturated carbocycles. The van der Waals surface area contributed by atoms with E-state index in [0.717, 1.165) is 47.2 Å². The minimum Gasteiger partial charge on any atom is -0.363 e. The van der Waals surface area contributed by atoms with Crippen LogP contribution in [-0.4, -0.2) is 61.0 Å². The van der Waals surface area contributed by atoms with E-state index in [1.165, 1.54) is 0 Å². The number of carbonyl (C=O) groups excluding carboxylic acids is 1. The summed E-state index contributed by atoms with van der Waals surface area (Å²) in [5, 5.41) is 0. The van der Waals surface area contributed by atoms with Gasteiger partial charge in [-0.15, -0.1) is 0 Å². The molecule has 0 aliphatic carbocycles. The van der Waals surface area contributed by atoms with Crippen LogP contribution in [0.5, 0.6) is 0 Å². The number of carbonyl (C=O) groups is 1. The van der Waals surface area contributed by atoms with Crippen molar-refractivity contribution in [2.24, 2.45) is 0 Å². The highest BCUT2D eigenvalue weighted by molar-refractivity contribution is 5.94. The van der Waals surface area contributed by atoms with Crippen molar-refractivity contribution in [3.8, 4) is 0 Å². The Bertz CT molecular complexity index is 790. The van der Waals surface area contributed by atoms with Gasteiger partial charge in [0.2, 0.25) is 0 Å². The number of anilines is 2. The monoisotopic (exact) mass is 353 g/mol. The Kier molecular flexibility index (Phi) is 5.11. The van der Waals surface area contributed by atoms with Gasteiger partial charge >= 0.3 is 0 Å². The third-order valence-electron chi connectivity index (χ3n) is 4.63. The lowest BCUT2D eigenvalue weighted by Gasteiger charge is -2.35. The smallest absolute Gasteiger partial charge is 0.253 e. The van der Waals surface area contributed by atoms with E-state index in [1.54, 1.807) is 0 Å². The molecule has 1 saturated heterocycles. The highest BCUT2D eigenvalue weighted by atomic mass is 16.2. The zero-order valence-corrected chi connectivity index (χ0v) is 16.3. The molecule has 1 amide bonds. The minimum absolute atomic E-state index is 0.115. The fraction of sp³-hybridized carbons (Fsp3) is 0.450. The van der Waals surface area contributed by atoms with Crippen molar-refractivity contribution in [1.82, 2.24) is 14.9 Å². The number of nitrogens with zero attached hydrogens (tertiary/aromatic N) is 5. The molecule has 2 aromatic rings. The Balaban J connectivity index is 1.70.